The van der Waals surface area contributed by atoms with Crippen molar-refractivity contribution in [2.45, 2.75) is 32.7 Å². The summed E-state index contributed by atoms with van der Waals surface area (Å²) in [5.74, 6) is 0.0434. The third kappa shape index (κ3) is 4.23. The second kappa shape index (κ2) is 8.41. The second-order valence-corrected chi connectivity index (χ2v) is 7.08. The topological polar surface area (TPSA) is 73.0 Å². The second-order valence-electron chi connectivity index (χ2n) is 7.08. The van der Waals surface area contributed by atoms with Crippen molar-refractivity contribution >= 4 is 17.8 Å². The molecule has 1 N–H and O–H groups in total. The minimum atomic E-state index is -0.207. The normalized spacial score (nSPS) is 19.5. The highest BCUT2D eigenvalue weighted by molar-refractivity contribution is 5.80. The highest BCUT2D eigenvalue weighted by atomic mass is 16.2. The molecule has 1 aromatic carbocycles. The average molecular weight is 372 g/mol. The first-order valence-electron chi connectivity index (χ1n) is 9.66. The molecule has 1 unspecified atom stereocenters. The molecule has 4 amide bonds. The predicted molar refractivity (Wildman–Crippen MR) is 102 cm³/mol. The number of nitrogens with zero attached hydrogens (tertiary/aromatic N) is 3. The number of nitrogens with one attached hydrogen (secondary N) is 1. The summed E-state index contributed by atoms with van der Waals surface area (Å²) in [5, 5.41) is 2.79. The molecule has 1 aromatic rings. The van der Waals surface area contributed by atoms with Gasteiger partial charge < -0.3 is 20.0 Å². The van der Waals surface area contributed by atoms with E-state index < -0.39 is 0 Å². The zero-order valence-electron chi connectivity index (χ0n) is 16.1. The van der Waals surface area contributed by atoms with Gasteiger partial charge in [-0.1, -0.05) is 24.3 Å². The van der Waals surface area contributed by atoms with Crippen molar-refractivity contribution in [3.05, 3.63) is 35.4 Å². The van der Waals surface area contributed by atoms with E-state index in [4.69, 9.17) is 0 Å². The van der Waals surface area contributed by atoms with Crippen LogP contribution in [-0.4, -0.2) is 71.8 Å². The van der Waals surface area contributed by atoms with Gasteiger partial charge in [0.1, 0.15) is 0 Å². The first-order chi connectivity index (χ1) is 13.0. The van der Waals surface area contributed by atoms with E-state index in [0.29, 0.717) is 39.3 Å². The summed E-state index contributed by atoms with van der Waals surface area (Å²) in [6.45, 7) is 6.84. The Morgan fingerprint density at radius 2 is 1.70 bits per heavy atom. The minimum absolute atomic E-state index is 0.00311. The summed E-state index contributed by atoms with van der Waals surface area (Å²) in [4.78, 5) is 42.3. The Hall–Kier alpha value is -2.57. The standard InChI is InChI=1S/C20H28N4O3/c1-3-21-20(27)23-12-10-22(11-13-23)19(26)14-18-17-7-5-4-6-16(17)8-9-24(18)15(2)25/h4-7,18H,3,8-14H2,1-2H3,(H,21,27). The largest absolute Gasteiger partial charge is 0.339 e. The molecule has 0 saturated carbocycles. The molecule has 146 valence electrons. The molecule has 1 saturated heterocycles. The average Bonchev–Trinajstić information content (AvgIpc) is 2.68. The van der Waals surface area contributed by atoms with Crippen LogP contribution >= 0.6 is 0 Å². The van der Waals surface area contributed by atoms with Crippen molar-refractivity contribution in [2.24, 2.45) is 0 Å². The molecule has 2 heterocycles. The van der Waals surface area contributed by atoms with Crippen molar-refractivity contribution in [1.29, 1.82) is 0 Å². The highest BCUT2D eigenvalue weighted by Gasteiger charge is 2.33. The van der Waals surface area contributed by atoms with E-state index in [1.54, 1.807) is 11.8 Å². The molecule has 0 aromatic heterocycles. The van der Waals surface area contributed by atoms with Gasteiger partial charge in [-0.3, -0.25) is 9.59 Å². The van der Waals surface area contributed by atoms with E-state index in [-0.39, 0.29) is 30.3 Å². The zero-order valence-corrected chi connectivity index (χ0v) is 16.1. The van der Waals surface area contributed by atoms with Gasteiger partial charge in [-0.15, -0.1) is 0 Å². The van der Waals surface area contributed by atoms with Crippen LogP contribution in [0.25, 0.3) is 0 Å². The van der Waals surface area contributed by atoms with Gasteiger partial charge in [0, 0.05) is 46.2 Å². The van der Waals surface area contributed by atoms with Crippen LogP contribution in [0.1, 0.15) is 37.4 Å². The number of fused-ring (bicyclic) bond motifs is 1. The van der Waals surface area contributed by atoms with Gasteiger partial charge in [0.2, 0.25) is 11.8 Å². The Morgan fingerprint density at radius 1 is 1.04 bits per heavy atom. The van der Waals surface area contributed by atoms with Crippen molar-refractivity contribution in [1.82, 2.24) is 20.0 Å². The number of amides is 4. The number of benzene rings is 1. The lowest BCUT2D eigenvalue weighted by atomic mass is 9.90. The maximum absolute atomic E-state index is 12.9. The van der Waals surface area contributed by atoms with Crippen LogP contribution in [0.15, 0.2) is 24.3 Å². The summed E-state index contributed by atoms with van der Waals surface area (Å²) in [5.41, 5.74) is 2.29. The van der Waals surface area contributed by atoms with Crippen LogP contribution in [0.5, 0.6) is 0 Å². The summed E-state index contributed by atoms with van der Waals surface area (Å²) < 4.78 is 0. The maximum atomic E-state index is 12.9. The van der Waals surface area contributed by atoms with E-state index in [0.717, 1.165) is 12.0 Å². The van der Waals surface area contributed by atoms with Crippen LogP contribution in [0.3, 0.4) is 0 Å². The smallest absolute Gasteiger partial charge is 0.317 e. The van der Waals surface area contributed by atoms with Crippen molar-refractivity contribution in [3.8, 4) is 0 Å². The Balaban J connectivity index is 1.66. The van der Waals surface area contributed by atoms with Crippen LogP contribution in [-0.2, 0) is 16.0 Å². The number of carbonyl (C=O) groups excluding carboxylic acids is 3. The molecule has 27 heavy (non-hydrogen) atoms. The van der Waals surface area contributed by atoms with E-state index >= 15 is 0 Å². The number of rotatable bonds is 3. The van der Waals surface area contributed by atoms with Gasteiger partial charge in [0.05, 0.1) is 12.5 Å². The molecular formula is C20H28N4O3. The first kappa shape index (κ1) is 19.2. The lowest BCUT2D eigenvalue weighted by molar-refractivity contribution is -0.137. The number of urea groups is 1. The Labute approximate surface area is 160 Å². The van der Waals surface area contributed by atoms with E-state index in [1.165, 1.54) is 5.56 Å². The van der Waals surface area contributed by atoms with Gasteiger partial charge in [0.25, 0.3) is 0 Å². The van der Waals surface area contributed by atoms with Gasteiger partial charge >= 0.3 is 6.03 Å². The maximum Gasteiger partial charge on any atom is 0.317 e. The van der Waals surface area contributed by atoms with Crippen molar-refractivity contribution in [2.75, 3.05) is 39.3 Å². The summed E-state index contributed by atoms with van der Waals surface area (Å²) in [7, 11) is 0. The summed E-state index contributed by atoms with van der Waals surface area (Å²) in [6, 6.07) is 7.78. The monoisotopic (exact) mass is 372 g/mol. The molecule has 2 aliphatic rings. The third-order valence-electron chi connectivity index (χ3n) is 5.43. The van der Waals surface area contributed by atoms with Crippen LogP contribution in [0.2, 0.25) is 0 Å². The van der Waals surface area contributed by atoms with Crippen LogP contribution in [0, 0.1) is 0 Å². The number of carbonyl (C=O) groups is 3. The van der Waals surface area contributed by atoms with Gasteiger partial charge in [-0.2, -0.15) is 0 Å². The Morgan fingerprint density at radius 3 is 2.37 bits per heavy atom. The quantitative estimate of drug-likeness (QED) is 0.872. The molecule has 1 fully saturated rings. The third-order valence-corrected chi connectivity index (χ3v) is 5.43. The lowest BCUT2D eigenvalue weighted by Gasteiger charge is -2.39. The van der Waals surface area contributed by atoms with Crippen LogP contribution in [0.4, 0.5) is 4.79 Å². The fourth-order valence-electron chi connectivity index (χ4n) is 3.97. The van der Waals surface area contributed by atoms with E-state index in [2.05, 4.69) is 11.4 Å². The molecule has 7 nitrogen and oxygen atoms in total. The fourth-order valence-corrected chi connectivity index (χ4v) is 3.97. The summed E-state index contributed by atoms with van der Waals surface area (Å²) >= 11 is 0. The highest BCUT2D eigenvalue weighted by Crippen LogP contribution is 2.32. The Kier molecular flexibility index (Phi) is 5.98. The predicted octanol–water partition coefficient (Wildman–Crippen LogP) is 1.40. The first-order valence-corrected chi connectivity index (χ1v) is 9.66. The van der Waals surface area contributed by atoms with Gasteiger partial charge in [-0.05, 0) is 24.5 Å². The number of hydrogen-bond donors (Lipinski definition) is 1. The van der Waals surface area contributed by atoms with Gasteiger partial charge in [0.15, 0.2) is 0 Å². The summed E-state index contributed by atoms with van der Waals surface area (Å²) in [6.07, 6.45) is 1.11. The molecule has 0 bridgehead atoms. The molecule has 1 atom stereocenters. The van der Waals surface area contributed by atoms with Crippen molar-refractivity contribution in [3.63, 3.8) is 0 Å². The molecule has 0 spiro atoms. The van der Waals surface area contributed by atoms with Gasteiger partial charge in [-0.25, -0.2) is 4.79 Å². The molecule has 2 aliphatic heterocycles. The molecule has 3 rings (SSSR count). The SMILES string of the molecule is CCNC(=O)N1CCN(C(=O)CC2c3ccccc3CCN2C(C)=O)CC1. The van der Waals surface area contributed by atoms with Crippen LogP contribution < -0.4 is 5.32 Å². The van der Waals surface area contributed by atoms with E-state index in [9.17, 15) is 14.4 Å². The van der Waals surface area contributed by atoms with E-state index in [1.807, 2.05) is 34.9 Å². The Bertz CT molecular complexity index is 713. The lowest BCUT2D eigenvalue weighted by Crippen LogP contribution is -2.53. The fraction of sp³-hybridized carbons (Fsp3) is 0.550. The van der Waals surface area contributed by atoms with Crippen molar-refractivity contribution < 1.29 is 14.4 Å². The number of piperazine rings is 1. The zero-order chi connectivity index (χ0) is 19.4. The molecule has 0 aliphatic carbocycles. The molecule has 0 radical (unpaired) electrons. The molecule has 7 heteroatoms. The molecular weight excluding hydrogens is 344 g/mol. The minimum Gasteiger partial charge on any atom is -0.339 e. The number of hydrogen-bond acceptors (Lipinski definition) is 3.